The summed E-state index contributed by atoms with van der Waals surface area (Å²) >= 11 is 5.87. The van der Waals surface area contributed by atoms with Gasteiger partial charge in [-0.1, -0.05) is 51.4 Å². The molecule has 2 aromatic rings. The average Bonchev–Trinajstić information content (AvgIpc) is 2.68. The van der Waals surface area contributed by atoms with Gasteiger partial charge in [0.1, 0.15) is 0 Å². The van der Waals surface area contributed by atoms with Crippen molar-refractivity contribution >= 4 is 27.5 Å². The fourth-order valence-corrected chi connectivity index (χ4v) is 4.98. The third-order valence-corrected chi connectivity index (χ3v) is 6.60. The van der Waals surface area contributed by atoms with Gasteiger partial charge in [-0.05, 0) is 60.2 Å². The monoisotopic (exact) mass is 450 g/mol. The number of nitrogens with zero attached hydrogens (tertiary/aromatic N) is 1. The van der Waals surface area contributed by atoms with Crippen LogP contribution in [0.4, 0.5) is 0 Å². The quantitative estimate of drug-likeness (QED) is 0.574. The van der Waals surface area contributed by atoms with E-state index in [0.717, 1.165) is 5.56 Å². The Kier molecular flexibility index (Phi) is 8.89. The minimum Gasteiger partial charge on any atom is -0.352 e. The summed E-state index contributed by atoms with van der Waals surface area (Å²) in [6.07, 6.45) is 0.689. The number of rotatable bonds is 10. The van der Waals surface area contributed by atoms with Crippen LogP contribution in [0.2, 0.25) is 5.02 Å². The van der Waals surface area contributed by atoms with Crippen molar-refractivity contribution in [1.29, 1.82) is 0 Å². The van der Waals surface area contributed by atoms with E-state index in [1.54, 1.807) is 12.1 Å². The second-order valence-electron chi connectivity index (χ2n) is 8.27. The van der Waals surface area contributed by atoms with E-state index < -0.39 is 10.0 Å². The Labute approximate surface area is 185 Å². The molecule has 0 atom stereocenters. The SMILES string of the molecule is CC(C)CN(CC(C)C)S(=O)(=O)c1ccc(C(=O)NCCc2ccc(Cl)cc2)cc1. The van der Waals surface area contributed by atoms with Crippen molar-refractivity contribution in [2.75, 3.05) is 19.6 Å². The molecule has 0 aliphatic heterocycles. The van der Waals surface area contributed by atoms with Crippen LogP contribution in [0.3, 0.4) is 0 Å². The molecule has 30 heavy (non-hydrogen) atoms. The fourth-order valence-electron chi connectivity index (χ4n) is 3.09. The molecule has 0 radical (unpaired) electrons. The molecule has 1 N–H and O–H groups in total. The van der Waals surface area contributed by atoms with Crippen molar-refractivity contribution in [2.24, 2.45) is 11.8 Å². The van der Waals surface area contributed by atoms with Crippen LogP contribution in [-0.4, -0.2) is 38.3 Å². The fraction of sp³-hybridized carbons (Fsp3) is 0.435. The molecule has 0 fully saturated rings. The van der Waals surface area contributed by atoms with E-state index in [-0.39, 0.29) is 22.6 Å². The Morgan fingerprint density at radius 3 is 1.97 bits per heavy atom. The highest BCUT2D eigenvalue weighted by atomic mass is 35.5. The van der Waals surface area contributed by atoms with Gasteiger partial charge in [-0.2, -0.15) is 4.31 Å². The standard InChI is InChI=1S/C23H31ClN2O3S/c1-17(2)15-26(16-18(3)4)30(28,29)22-11-7-20(8-12-22)23(27)25-14-13-19-5-9-21(24)10-6-19/h5-12,17-18H,13-16H2,1-4H3,(H,25,27). The molecule has 0 heterocycles. The van der Waals surface area contributed by atoms with Crippen molar-refractivity contribution in [1.82, 2.24) is 9.62 Å². The summed E-state index contributed by atoms with van der Waals surface area (Å²) in [7, 11) is -3.60. The molecule has 2 rings (SSSR count). The van der Waals surface area contributed by atoms with Crippen molar-refractivity contribution in [3.8, 4) is 0 Å². The summed E-state index contributed by atoms with van der Waals surface area (Å²) in [4.78, 5) is 12.6. The summed E-state index contributed by atoms with van der Waals surface area (Å²) in [6, 6.07) is 13.6. The van der Waals surface area contributed by atoms with E-state index in [1.165, 1.54) is 16.4 Å². The Bertz CT molecular complexity index is 914. The van der Waals surface area contributed by atoms with E-state index in [2.05, 4.69) is 5.32 Å². The van der Waals surface area contributed by atoms with Gasteiger partial charge in [-0.3, -0.25) is 4.79 Å². The maximum Gasteiger partial charge on any atom is 0.251 e. The number of halogens is 1. The lowest BCUT2D eigenvalue weighted by Crippen LogP contribution is -2.37. The molecule has 7 heteroatoms. The third-order valence-electron chi connectivity index (χ3n) is 4.50. The summed E-state index contributed by atoms with van der Waals surface area (Å²) in [5.74, 6) is 0.225. The molecule has 164 valence electrons. The van der Waals surface area contributed by atoms with Crippen LogP contribution in [0, 0.1) is 11.8 Å². The number of sulfonamides is 1. The zero-order chi connectivity index (χ0) is 22.3. The van der Waals surface area contributed by atoms with Gasteiger partial charge in [0.25, 0.3) is 5.91 Å². The van der Waals surface area contributed by atoms with Crippen molar-refractivity contribution in [3.05, 3.63) is 64.7 Å². The molecule has 0 spiro atoms. The predicted molar refractivity (Wildman–Crippen MR) is 122 cm³/mol. The van der Waals surface area contributed by atoms with Crippen LogP contribution >= 0.6 is 11.6 Å². The largest absolute Gasteiger partial charge is 0.352 e. The molecule has 1 amide bonds. The highest BCUT2D eigenvalue weighted by Gasteiger charge is 2.26. The number of benzene rings is 2. The highest BCUT2D eigenvalue weighted by Crippen LogP contribution is 2.19. The first-order valence-electron chi connectivity index (χ1n) is 10.2. The predicted octanol–water partition coefficient (Wildman–Crippen LogP) is 4.62. The summed E-state index contributed by atoms with van der Waals surface area (Å²) < 4.78 is 27.6. The van der Waals surface area contributed by atoms with E-state index in [1.807, 2.05) is 52.0 Å². The minimum absolute atomic E-state index is 0.210. The number of nitrogens with one attached hydrogen (secondary N) is 1. The first-order valence-corrected chi connectivity index (χ1v) is 12.0. The highest BCUT2D eigenvalue weighted by molar-refractivity contribution is 7.89. The third kappa shape index (κ3) is 7.11. The Morgan fingerprint density at radius 1 is 0.933 bits per heavy atom. The Hall–Kier alpha value is -1.89. The van der Waals surface area contributed by atoms with Crippen LogP contribution in [0.5, 0.6) is 0 Å². The van der Waals surface area contributed by atoms with Crippen LogP contribution in [0.25, 0.3) is 0 Å². The van der Waals surface area contributed by atoms with Crippen molar-refractivity contribution in [3.63, 3.8) is 0 Å². The van der Waals surface area contributed by atoms with E-state index in [4.69, 9.17) is 11.6 Å². The summed E-state index contributed by atoms with van der Waals surface area (Å²) in [6.45, 7) is 9.42. The molecule has 0 aliphatic carbocycles. The van der Waals surface area contributed by atoms with Gasteiger partial charge in [0.2, 0.25) is 10.0 Å². The number of carbonyl (C=O) groups is 1. The lowest BCUT2D eigenvalue weighted by molar-refractivity contribution is 0.0954. The molecule has 0 bridgehead atoms. The molecule has 0 unspecified atom stereocenters. The molecule has 0 aliphatic rings. The van der Waals surface area contributed by atoms with E-state index in [0.29, 0.717) is 36.6 Å². The zero-order valence-corrected chi connectivity index (χ0v) is 19.6. The number of hydrogen-bond donors (Lipinski definition) is 1. The van der Waals surface area contributed by atoms with Crippen LogP contribution in [0.1, 0.15) is 43.6 Å². The molecular weight excluding hydrogens is 420 g/mol. The molecular formula is C23H31ClN2O3S. The van der Waals surface area contributed by atoms with Gasteiger partial charge in [-0.25, -0.2) is 8.42 Å². The molecule has 0 aromatic heterocycles. The Morgan fingerprint density at radius 2 is 1.47 bits per heavy atom. The maximum atomic E-state index is 13.1. The van der Waals surface area contributed by atoms with Crippen LogP contribution in [-0.2, 0) is 16.4 Å². The lowest BCUT2D eigenvalue weighted by atomic mass is 10.1. The number of carbonyl (C=O) groups excluding carboxylic acids is 1. The normalized spacial score (nSPS) is 12.0. The number of hydrogen-bond acceptors (Lipinski definition) is 3. The van der Waals surface area contributed by atoms with E-state index in [9.17, 15) is 13.2 Å². The lowest BCUT2D eigenvalue weighted by Gasteiger charge is -2.25. The van der Waals surface area contributed by atoms with Gasteiger partial charge >= 0.3 is 0 Å². The molecule has 0 saturated carbocycles. The maximum absolute atomic E-state index is 13.1. The first kappa shape index (κ1) is 24.4. The number of amides is 1. The van der Waals surface area contributed by atoms with Gasteiger partial charge in [0, 0.05) is 30.2 Å². The topological polar surface area (TPSA) is 66.5 Å². The summed E-state index contributed by atoms with van der Waals surface area (Å²) in [5, 5.41) is 3.54. The minimum atomic E-state index is -3.60. The van der Waals surface area contributed by atoms with Crippen LogP contribution in [0.15, 0.2) is 53.4 Å². The average molecular weight is 451 g/mol. The molecule has 0 saturated heterocycles. The summed E-state index contributed by atoms with van der Waals surface area (Å²) in [5.41, 5.74) is 1.51. The zero-order valence-electron chi connectivity index (χ0n) is 18.1. The Balaban J connectivity index is 2.02. The van der Waals surface area contributed by atoms with Gasteiger partial charge in [-0.15, -0.1) is 0 Å². The smallest absolute Gasteiger partial charge is 0.251 e. The van der Waals surface area contributed by atoms with Crippen molar-refractivity contribution in [2.45, 2.75) is 39.0 Å². The van der Waals surface area contributed by atoms with Crippen molar-refractivity contribution < 1.29 is 13.2 Å². The van der Waals surface area contributed by atoms with Gasteiger partial charge in [0.05, 0.1) is 4.90 Å². The second kappa shape index (κ2) is 10.9. The first-order chi connectivity index (χ1) is 14.1. The molecule has 2 aromatic carbocycles. The van der Waals surface area contributed by atoms with E-state index >= 15 is 0 Å². The van der Waals surface area contributed by atoms with Crippen LogP contribution < -0.4 is 5.32 Å². The van der Waals surface area contributed by atoms with Gasteiger partial charge in [0.15, 0.2) is 0 Å². The molecule has 5 nitrogen and oxygen atoms in total. The second-order valence-corrected chi connectivity index (χ2v) is 10.6. The van der Waals surface area contributed by atoms with Gasteiger partial charge < -0.3 is 5.32 Å².